The zero-order valence-corrected chi connectivity index (χ0v) is 9.87. The van der Waals surface area contributed by atoms with Gasteiger partial charge in [-0.2, -0.15) is 0 Å². The Morgan fingerprint density at radius 3 is 2.36 bits per heavy atom. The fraction of sp³-hybridized carbons (Fsp3) is 0.714. The van der Waals surface area contributed by atoms with Gasteiger partial charge in [-0.3, -0.25) is 0 Å². The average molecular weight is 238 g/mol. The maximum absolute atomic E-state index is 11.0. The minimum Gasteiger partial charge on any atom is -0.387 e. The maximum atomic E-state index is 11.0. The summed E-state index contributed by atoms with van der Waals surface area (Å²) in [6, 6.07) is 0. The van der Waals surface area contributed by atoms with Crippen LogP contribution >= 0.6 is 11.8 Å². The second-order valence-corrected chi connectivity index (χ2v) is 6.68. The molecule has 0 aliphatic carbocycles. The van der Waals surface area contributed by atoms with E-state index in [1.807, 2.05) is 0 Å². The summed E-state index contributed by atoms with van der Waals surface area (Å²) >= 11 is 1.20. The Hall–Kier alpha value is -0.240. The van der Waals surface area contributed by atoms with Gasteiger partial charge in [0.25, 0.3) is 10.0 Å². The van der Waals surface area contributed by atoms with Crippen LogP contribution in [0, 0.1) is 0 Å². The normalized spacial score (nSPS) is 28.5. The smallest absolute Gasteiger partial charge is 0.253 e. The quantitative estimate of drug-likeness (QED) is 0.624. The highest BCUT2D eigenvalue weighted by Gasteiger charge is 2.45. The minimum absolute atomic E-state index is 0.0490. The number of hydrogen-bond acceptors (Lipinski definition) is 5. The summed E-state index contributed by atoms with van der Waals surface area (Å²) in [7, 11) is -3.72. The molecule has 1 heterocycles. The third kappa shape index (κ3) is 2.05. The molecule has 1 rings (SSSR count). The predicted molar refractivity (Wildman–Crippen MR) is 56.6 cm³/mol. The summed E-state index contributed by atoms with van der Waals surface area (Å²) in [6.07, 6.45) is 0. The lowest BCUT2D eigenvalue weighted by atomic mass is 10.0. The number of nitrogens with two attached hydrogens (primary N) is 1. The van der Waals surface area contributed by atoms with Gasteiger partial charge >= 0.3 is 0 Å². The molecule has 14 heavy (non-hydrogen) atoms. The molecular formula is C7H14N2O3S2. The van der Waals surface area contributed by atoms with Crippen LogP contribution in [0.4, 0.5) is 0 Å². The molecule has 0 bridgehead atoms. The second-order valence-electron chi connectivity index (χ2n) is 3.86. The number of aliphatic hydroxyl groups is 1. The first-order valence-corrected chi connectivity index (χ1v) is 6.40. The van der Waals surface area contributed by atoms with Crippen molar-refractivity contribution in [1.29, 1.82) is 0 Å². The van der Waals surface area contributed by atoms with Gasteiger partial charge < -0.3 is 10.4 Å². The molecule has 1 aliphatic rings. The van der Waals surface area contributed by atoms with E-state index in [1.165, 1.54) is 17.2 Å². The Morgan fingerprint density at radius 1 is 1.64 bits per heavy atom. The van der Waals surface area contributed by atoms with E-state index in [0.29, 0.717) is 0 Å². The molecule has 0 fully saturated rings. The first-order chi connectivity index (χ1) is 6.06. The summed E-state index contributed by atoms with van der Waals surface area (Å²) in [5, 5.41) is 18.8. The lowest BCUT2D eigenvalue weighted by Crippen LogP contribution is -2.53. The molecular weight excluding hydrogens is 224 g/mol. The van der Waals surface area contributed by atoms with Gasteiger partial charge in [-0.05, 0) is 20.8 Å². The van der Waals surface area contributed by atoms with Crippen molar-refractivity contribution in [2.45, 2.75) is 31.2 Å². The first kappa shape index (κ1) is 11.8. The van der Waals surface area contributed by atoms with Crippen molar-refractivity contribution in [3.05, 3.63) is 10.4 Å². The van der Waals surface area contributed by atoms with E-state index in [-0.39, 0.29) is 5.03 Å². The largest absolute Gasteiger partial charge is 0.387 e. The molecule has 0 aromatic carbocycles. The van der Waals surface area contributed by atoms with Gasteiger partial charge in [0.05, 0.1) is 5.60 Å². The van der Waals surface area contributed by atoms with Crippen LogP contribution in [0.1, 0.15) is 20.8 Å². The monoisotopic (exact) mass is 238 g/mol. The molecule has 7 heteroatoms. The molecule has 1 atom stereocenters. The van der Waals surface area contributed by atoms with Gasteiger partial charge in [-0.1, -0.05) is 0 Å². The van der Waals surface area contributed by atoms with E-state index in [4.69, 9.17) is 5.14 Å². The molecule has 1 aliphatic heterocycles. The van der Waals surface area contributed by atoms with Crippen molar-refractivity contribution >= 4 is 21.8 Å². The Balaban J connectivity index is 2.92. The summed E-state index contributed by atoms with van der Waals surface area (Å²) in [5.74, 6) is 0. The van der Waals surface area contributed by atoms with Gasteiger partial charge in [0.2, 0.25) is 0 Å². The van der Waals surface area contributed by atoms with Gasteiger partial charge in [-0.25, -0.2) is 13.6 Å². The SMILES string of the molecule is CC(C)(O)C1(C)NC(S(N)(=O)=O)=CS1. The highest BCUT2D eigenvalue weighted by atomic mass is 32.2. The van der Waals surface area contributed by atoms with Gasteiger partial charge in [0.15, 0.2) is 5.03 Å². The van der Waals surface area contributed by atoms with Gasteiger partial charge in [0.1, 0.15) is 4.87 Å². The van der Waals surface area contributed by atoms with E-state index >= 15 is 0 Å². The van der Waals surface area contributed by atoms with Crippen LogP contribution in [0.25, 0.3) is 0 Å². The summed E-state index contributed by atoms with van der Waals surface area (Å²) in [5.41, 5.74) is -1.05. The highest BCUT2D eigenvalue weighted by Crippen LogP contribution is 2.40. The Bertz CT molecular complexity index is 369. The van der Waals surface area contributed by atoms with Gasteiger partial charge in [0, 0.05) is 5.41 Å². The number of hydrogen-bond donors (Lipinski definition) is 3. The number of primary sulfonamides is 1. The van der Waals surface area contributed by atoms with Crippen molar-refractivity contribution < 1.29 is 13.5 Å². The van der Waals surface area contributed by atoms with Crippen molar-refractivity contribution in [1.82, 2.24) is 5.32 Å². The molecule has 0 spiro atoms. The molecule has 4 N–H and O–H groups in total. The molecule has 0 amide bonds. The van der Waals surface area contributed by atoms with E-state index in [2.05, 4.69) is 5.32 Å². The topological polar surface area (TPSA) is 92.4 Å². The summed E-state index contributed by atoms with van der Waals surface area (Å²) in [4.78, 5) is -0.769. The molecule has 5 nitrogen and oxygen atoms in total. The number of nitrogens with one attached hydrogen (secondary N) is 1. The minimum atomic E-state index is -3.72. The summed E-state index contributed by atoms with van der Waals surface area (Å²) in [6.45, 7) is 4.92. The zero-order chi connectivity index (χ0) is 11.2. The van der Waals surface area contributed by atoms with Crippen LogP contribution in [-0.4, -0.2) is 24.0 Å². The Kier molecular flexibility index (Phi) is 2.64. The standard InChI is InChI=1S/C7H14N2O3S2/c1-6(2,10)7(3)9-5(4-13-7)14(8,11)12/h4,9-10H,1-3H3,(H2,8,11,12). The fourth-order valence-corrected chi connectivity index (χ4v) is 2.85. The van der Waals surface area contributed by atoms with Crippen molar-refractivity contribution in [3.8, 4) is 0 Å². The van der Waals surface area contributed by atoms with Crippen molar-refractivity contribution in [2.24, 2.45) is 5.14 Å². The molecule has 0 radical (unpaired) electrons. The molecule has 1 unspecified atom stereocenters. The highest BCUT2D eigenvalue weighted by molar-refractivity contribution is 8.05. The number of thioether (sulfide) groups is 1. The lowest BCUT2D eigenvalue weighted by Gasteiger charge is -2.36. The van der Waals surface area contributed by atoms with Gasteiger partial charge in [-0.15, -0.1) is 11.8 Å². The van der Waals surface area contributed by atoms with E-state index in [1.54, 1.807) is 20.8 Å². The van der Waals surface area contributed by atoms with Crippen LogP contribution in [-0.2, 0) is 10.0 Å². The maximum Gasteiger partial charge on any atom is 0.253 e. The van der Waals surface area contributed by atoms with E-state index < -0.39 is 20.5 Å². The molecule has 0 aromatic heterocycles. The number of sulfonamides is 1. The molecule has 82 valence electrons. The van der Waals surface area contributed by atoms with Crippen LogP contribution in [0.3, 0.4) is 0 Å². The predicted octanol–water partition coefficient (Wildman–Crippen LogP) is -0.103. The number of rotatable bonds is 2. The zero-order valence-electron chi connectivity index (χ0n) is 8.23. The van der Waals surface area contributed by atoms with Crippen LogP contribution < -0.4 is 10.5 Å². The van der Waals surface area contributed by atoms with Crippen LogP contribution in [0.5, 0.6) is 0 Å². The second kappa shape index (κ2) is 3.13. The first-order valence-electron chi connectivity index (χ1n) is 3.98. The molecule has 0 aromatic rings. The Labute approximate surface area is 87.8 Å². The molecule has 0 saturated heterocycles. The van der Waals surface area contributed by atoms with Crippen molar-refractivity contribution in [2.75, 3.05) is 0 Å². The van der Waals surface area contributed by atoms with Crippen LogP contribution in [0.15, 0.2) is 10.4 Å². The summed E-state index contributed by atoms with van der Waals surface area (Å²) < 4.78 is 22.0. The van der Waals surface area contributed by atoms with E-state index in [0.717, 1.165) is 0 Å². The third-order valence-corrected chi connectivity index (χ3v) is 4.65. The van der Waals surface area contributed by atoms with Crippen molar-refractivity contribution in [3.63, 3.8) is 0 Å². The third-order valence-electron chi connectivity index (χ3n) is 2.24. The van der Waals surface area contributed by atoms with E-state index in [9.17, 15) is 13.5 Å². The Morgan fingerprint density at radius 2 is 2.14 bits per heavy atom. The lowest BCUT2D eigenvalue weighted by molar-refractivity contribution is 0.0356. The molecule has 0 saturated carbocycles. The fourth-order valence-electron chi connectivity index (χ4n) is 0.901. The average Bonchev–Trinajstić information content (AvgIpc) is 2.29. The van der Waals surface area contributed by atoms with Crippen LogP contribution in [0.2, 0.25) is 0 Å².